The van der Waals surface area contributed by atoms with Crippen molar-refractivity contribution in [2.75, 3.05) is 6.61 Å². The first-order chi connectivity index (χ1) is 8.85. The van der Waals surface area contributed by atoms with E-state index in [0.717, 1.165) is 0 Å². The van der Waals surface area contributed by atoms with Crippen LogP contribution in [0.25, 0.3) is 0 Å². The molecule has 0 saturated carbocycles. The number of ether oxygens (including phenoxy) is 1. The fourth-order valence-electron chi connectivity index (χ4n) is 2.18. The summed E-state index contributed by atoms with van der Waals surface area (Å²) in [5.74, 6) is -0.448. The predicted octanol–water partition coefficient (Wildman–Crippen LogP) is 2.77. The summed E-state index contributed by atoms with van der Waals surface area (Å²) in [7, 11) is -7.68. The monoisotopic (exact) mass is 338 g/mol. The molecule has 1 atom stereocenters. The van der Waals surface area contributed by atoms with Crippen molar-refractivity contribution in [1.29, 1.82) is 0 Å². The van der Waals surface area contributed by atoms with E-state index in [1.807, 2.05) is 39.3 Å². The summed E-state index contributed by atoms with van der Waals surface area (Å²) >= 11 is 0. The SMILES string of the molecule is CC(=O)OCC(CC=O)O[Si](F)([Si](C)(C)C)[Si](C)(C)C. The number of rotatable bonds is 8. The van der Waals surface area contributed by atoms with Gasteiger partial charge in [-0.25, -0.2) is 0 Å². The third-order valence-electron chi connectivity index (χ3n) is 3.09. The summed E-state index contributed by atoms with van der Waals surface area (Å²) < 4.78 is 26.4. The largest absolute Gasteiger partial charge is 0.463 e. The zero-order valence-corrected chi connectivity index (χ0v) is 16.6. The van der Waals surface area contributed by atoms with Gasteiger partial charge in [0.25, 0.3) is 0 Å². The summed E-state index contributed by atoms with van der Waals surface area (Å²) in [4.78, 5) is 21.6. The number of carbonyl (C=O) groups is 2. The van der Waals surface area contributed by atoms with Gasteiger partial charge in [-0.1, -0.05) is 39.3 Å². The van der Waals surface area contributed by atoms with Crippen molar-refractivity contribution in [3.8, 4) is 0 Å². The zero-order valence-electron chi connectivity index (χ0n) is 13.6. The van der Waals surface area contributed by atoms with Gasteiger partial charge < -0.3 is 14.0 Å². The predicted molar refractivity (Wildman–Crippen MR) is 85.7 cm³/mol. The molecule has 118 valence electrons. The van der Waals surface area contributed by atoms with E-state index in [4.69, 9.17) is 9.16 Å². The van der Waals surface area contributed by atoms with Gasteiger partial charge in [-0.2, -0.15) is 0 Å². The molecule has 0 aromatic rings. The van der Waals surface area contributed by atoms with Gasteiger partial charge in [0.1, 0.15) is 28.1 Å². The first-order valence-electron chi connectivity index (χ1n) is 6.79. The minimum absolute atomic E-state index is 0.0539. The summed E-state index contributed by atoms with van der Waals surface area (Å²) in [6.45, 7) is 13.1. The minimum Gasteiger partial charge on any atom is -0.463 e. The highest BCUT2D eigenvalue weighted by Gasteiger charge is 2.60. The van der Waals surface area contributed by atoms with E-state index in [0.29, 0.717) is 6.29 Å². The quantitative estimate of drug-likeness (QED) is 0.295. The van der Waals surface area contributed by atoms with Crippen LogP contribution in [0, 0.1) is 0 Å². The van der Waals surface area contributed by atoms with Crippen LogP contribution in [0.4, 0.5) is 4.11 Å². The second-order valence-corrected chi connectivity index (χ2v) is 31.8. The fraction of sp³-hybridized carbons (Fsp3) is 0.833. The molecular formula is C12H27FO4Si3. The van der Waals surface area contributed by atoms with Gasteiger partial charge in [-0.3, -0.25) is 8.90 Å². The second-order valence-electron chi connectivity index (χ2n) is 7.04. The molecule has 0 aliphatic rings. The van der Waals surface area contributed by atoms with E-state index in [-0.39, 0.29) is 13.0 Å². The van der Waals surface area contributed by atoms with Crippen molar-refractivity contribution in [2.24, 2.45) is 0 Å². The molecule has 0 amide bonds. The van der Waals surface area contributed by atoms with Crippen LogP contribution in [-0.2, 0) is 18.8 Å². The minimum atomic E-state index is -3.40. The Balaban J connectivity index is 5.19. The molecule has 0 radical (unpaired) electrons. The highest BCUT2D eigenvalue weighted by Crippen LogP contribution is 2.32. The number of hydrogen-bond donors (Lipinski definition) is 0. The normalized spacial score (nSPS) is 14.8. The molecule has 0 spiro atoms. The lowest BCUT2D eigenvalue weighted by molar-refractivity contribution is -0.144. The van der Waals surface area contributed by atoms with Gasteiger partial charge in [0.2, 0.25) is 0 Å². The molecular weight excluding hydrogens is 311 g/mol. The van der Waals surface area contributed by atoms with E-state index < -0.39 is 34.9 Å². The van der Waals surface area contributed by atoms with Crippen LogP contribution >= 0.6 is 0 Å². The van der Waals surface area contributed by atoms with Gasteiger partial charge in [0.05, 0.1) is 6.10 Å². The molecule has 0 aromatic heterocycles. The molecule has 0 rings (SSSR count). The number of halogens is 1. The second kappa shape index (κ2) is 7.10. The van der Waals surface area contributed by atoms with E-state index in [2.05, 4.69) is 0 Å². The molecule has 0 saturated heterocycles. The molecule has 8 heteroatoms. The first-order valence-corrected chi connectivity index (χ1v) is 17.6. The van der Waals surface area contributed by atoms with Crippen LogP contribution in [0.15, 0.2) is 0 Å². The summed E-state index contributed by atoms with van der Waals surface area (Å²) in [6.07, 6.45) is 0.0877. The van der Waals surface area contributed by atoms with Gasteiger partial charge >= 0.3 is 13.7 Å². The van der Waals surface area contributed by atoms with Crippen molar-refractivity contribution in [3.63, 3.8) is 0 Å². The van der Waals surface area contributed by atoms with Crippen molar-refractivity contribution < 1.29 is 22.9 Å². The summed E-state index contributed by atoms with van der Waals surface area (Å²) in [5, 5.41) is 0. The number of hydrogen-bond acceptors (Lipinski definition) is 4. The molecule has 0 N–H and O–H groups in total. The fourth-order valence-corrected chi connectivity index (χ4v) is 35.9. The van der Waals surface area contributed by atoms with Crippen LogP contribution in [0.5, 0.6) is 0 Å². The molecule has 0 aromatic carbocycles. The van der Waals surface area contributed by atoms with Crippen LogP contribution < -0.4 is 0 Å². The summed E-state index contributed by atoms with van der Waals surface area (Å²) in [6, 6.07) is 0. The maximum atomic E-state index is 15.7. The standard InChI is InChI=1S/C12H27FO4Si3/c1-11(15)16-10-12(8-9-14)17-20(13,18(2,3)4)19(5,6)7/h9,12H,8,10H2,1-7H3. The maximum Gasteiger partial charge on any atom is 0.342 e. The molecule has 0 aliphatic heterocycles. The Morgan fingerprint density at radius 1 is 1.15 bits per heavy atom. The van der Waals surface area contributed by atoms with Gasteiger partial charge in [-0.15, -0.1) is 0 Å². The average molecular weight is 339 g/mol. The third-order valence-corrected chi connectivity index (χ3v) is 33.4. The average Bonchev–Trinajstić information content (AvgIpc) is 2.22. The Kier molecular flexibility index (Phi) is 6.99. The molecule has 0 aliphatic carbocycles. The van der Waals surface area contributed by atoms with E-state index in [1.165, 1.54) is 6.92 Å². The topological polar surface area (TPSA) is 52.6 Å². The Bertz CT molecular complexity index is 336. The van der Waals surface area contributed by atoms with Crippen molar-refractivity contribution in [3.05, 3.63) is 0 Å². The van der Waals surface area contributed by atoms with Crippen LogP contribution in [0.2, 0.25) is 39.3 Å². The number of carbonyl (C=O) groups excluding carboxylic acids is 2. The molecule has 4 nitrogen and oxygen atoms in total. The molecule has 0 heterocycles. The molecule has 1 unspecified atom stereocenters. The lowest BCUT2D eigenvalue weighted by Crippen LogP contribution is -2.72. The van der Waals surface area contributed by atoms with E-state index in [9.17, 15) is 9.59 Å². The third kappa shape index (κ3) is 5.23. The number of aldehydes is 1. The van der Waals surface area contributed by atoms with Crippen LogP contribution in [0.3, 0.4) is 0 Å². The Labute approximate surface area is 123 Å². The Hall–Kier alpha value is -0.319. The Morgan fingerprint density at radius 3 is 1.90 bits per heavy atom. The van der Waals surface area contributed by atoms with Gasteiger partial charge in [-0.05, 0) is 0 Å². The zero-order chi connectivity index (χ0) is 16.2. The van der Waals surface area contributed by atoms with Crippen molar-refractivity contribution in [2.45, 2.75) is 58.7 Å². The lowest BCUT2D eigenvalue weighted by atomic mass is 10.3. The van der Waals surface area contributed by atoms with Crippen molar-refractivity contribution in [1.82, 2.24) is 0 Å². The van der Waals surface area contributed by atoms with E-state index >= 15 is 4.11 Å². The smallest absolute Gasteiger partial charge is 0.342 e. The highest BCUT2D eigenvalue weighted by atomic mass is 29.7. The summed E-state index contributed by atoms with van der Waals surface area (Å²) in [5.41, 5.74) is 0. The van der Waals surface area contributed by atoms with Gasteiger partial charge in [0, 0.05) is 13.3 Å². The van der Waals surface area contributed by atoms with Crippen LogP contribution in [0.1, 0.15) is 13.3 Å². The van der Waals surface area contributed by atoms with Gasteiger partial charge in [0.15, 0.2) is 0 Å². The number of esters is 1. The molecule has 0 fully saturated rings. The lowest BCUT2D eigenvalue weighted by Gasteiger charge is -2.43. The highest BCUT2D eigenvalue weighted by molar-refractivity contribution is 7.64. The maximum absolute atomic E-state index is 15.7. The van der Waals surface area contributed by atoms with E-state index in [1.54, 1.807) is 0 Å². The van der Waals surface area contributed by atoms with Crippen molar-refractivity contribution >= 4 is 35.1 Å². The van der Waals surface area contributed by atoms with Crippen LogP contribution in [-0.4, -0.2) is 47.8 Å². The first kappa shape index (κ1) is 19.7. The molecule has 20 heavy (non-hydrogen) atoms. The molecule has 0 bridgehead atoms. The Morgan fingerprint density at radius 2 is 1.60 bits per heavy atom.